The number of carbonyl (C=O) groups is 1. The number of halogens is 4. The molecule has 0 aliphatic carbocycles. The Kier molecular flexibility index (Phi) is 5.64. The number of nitrogens with zero attached hydrogens (tertiary/aromatic N) is 1. The Morgan fingerprint density at radius 3 is 2.40 bits per heavy atom. The van der Waals surface area contributed by atoms with Gasteiger partial charge in [-0.1, -0.05) is 0 Å². The van der Waals surface area contributed by atoms with Gasteiger partial charge in [0.2, 0.25) is 0 Å². The third kappa shape index (κ3) is 4.68. The predicted octanol–water partition coefficient (Wildman–Crippen LogP) is 4.90. The van der Waals surface area contributed by atoms with Gasteiger partial charge in [-0.05, 0) is 55.0 Å². The molecule has 1 amide bonds. The third-order valence-electron chi connectivity index (χ3n) is 4.27. The van der Waals surface area contributed by atoms with Crippen LogP contribution in [0.2, 0.25) is 0 Å². The maximum absolute atomic E-state index is 13.3. The maximum atomic E-state index is 13.3. The van der Waals surface area contributed by atoms with E-state index in [0.717, 1.165) is 24.3 Å². The standard InChI is InChI=1S/C21H16F4N2O3/c1-12-9-14(22)4-6-17(12)30-18-10-13(21(23,24)25)3-5-16(18)20(29)26-15-7-8-27(2)19(28)11-15/h3-11H,1-2H3,(H,26,29). The first-order valence-corrected chi connectivity index (χ1v) is 8.68. The lowest BCUT2D eigenvalue weighted by molar-refractivity contribution is -0.137. The minimum absolute atomic E-state index is 0.0957. The van der Waals surface area contributed by atoms with Gasteiger partial charge in [0.15, 0.2) is 0 Å². The number of carbonyl (C=O) groups excluding carboxylic acids is 1. The van der Waals surface area contributed by atoms with Crippen molar-refractivity contribution in [1.29, 1.82) is 0 Å². The van der Waals surface area contributed by atoms with E-state index in [4.69, 9.17) is 4.74 Å². The number of aromatic nitrogens is 1. The summed E-state index contributed by atoms with van der Waals surface area (Å²) >= 11 is 0. The van der Waals surface area contributed by atoms with Gasteiger partial charge in [0.05, 0.1) is 11.1 Å². The second kappa shape index (κ2) is 8.02. The van der Waals surface area contributed by atoms with Crippen LogP contribution in [0.3, 0.4) is 0 Å². The van der Waals surface area contributed by atoms with Crippen molar-refractivity contribution in [2.75, 3.05) is 5.32 Å². The van der Waals surface area contributed by atoms with Gasteiger partial charge in [-0.2, -0.15) is 13.2 Å². The number of aryl methyl sites for hydroxylation is 2. The summed E-state index contributed by atoms with van der Waals surface area (Å²) in [7, 11) is 1.53. The van der Waals surface area contributed by atoms with Gasteiger partial charge in [-0.25, -0.2) is 4.39 Å². The second-order valence-corrected chi connectivity index (χ2v) is 6.54. The lowest BCUT2D eigenvalue weighted by Crippen LogP contribution is -2.19. The van der Waals surface area contributed by atoms with Crippen LogP contribution in [0, 0.1) is 12.7 Å². The summed E-state index contributed by atoms with van der Waals surface area (Å²) in [5.41, 5.74) is -1.06. The molecule has 0 unspecified atom stereocenters. The number of benzene rings is 2. The average molecular weight is 420 g/mol. The molecule has 0 aliphatic heterocycles. The zero-order valence-corrected chi connectivity index (χ0v) is 15.9. The van der Waals surface area contributed by atoms with Crippen LogP contribution in [-0.4, -0.2) is 10.5 Å². The molecule has 9 heteroatoms. The third-order valence-corrected chi connectivity index (χ3v) is 4.27. The molecule has 0 aliphatic rings. The highest BCUT2D eigenvalue weighted by Gasteiger charge is 2.32. The van der Waals surface area contributed by atoms with E-state index in [1.54, 1.807) is 0 Å². The highest BCUT2D eigenvalue weighted by Crippen LogP contribution is 2.36. The van der Waals surface area contributed by atoms with Gasteiger partial charge in [0.25, 0.3) is 11.5 Å². The van der Waals surface area contributed by atoms with Crippen molar-refractivity contribution in [1.82, 2.24) is 4.57 Å². The Bertz CT molecular complexity index is 1170. The van der Waals surface area contributed by atoms with E-state index in [1.165, 1.54) is 42.9 Å². The molecule has 0 bridgehead atoms. The highest BCUT2D eigenvalue weighted by atomic mass is 19.4. The summed E-state index contributed by atoms with van der Waals surface area (Å²) in [6, 6.07) is 8.57. The lowest BCUT2D eigenvalue weighted by Gasteiger charge is -2.16. The summed E-state index contributed by atoms with van der Waals surface area (Å²) < 4.78 is 59.6. The molecule has 0 spiro atoms. The van der Waals surface area contributed by atoms with Crippen LogP contribution in [-0.2, 0) is 13.2 Å². The number of rotatable bonds is 4. The minimum Gasteiger partial charge on any atom is -0.456 e. The van der Waals surface area contributed by atoms with E-state index in [1.807, 2.05) is 0 Å². The summed E-state index contributed by atoms with van der Waals surface area (Å²) in [4.78, 5) is 24.4. The Balaban J connectivity index is 2.00. The van der Waals surface area contributed by atoms with Gasteiger partial charge in [0, 0.05) is 25.0 Å². The van der Waals surface area contributed by atoms with Gasteiger partial charge in [-0.3, -0.25) is 9.59 Å². The molecule has 0 fully saturated rings. The van der Waals surface area contributed by atoms with E-state index in [-0.39, 0.29) is 28.3 Å². The molecular formula is C21H16F4N2O3. The van der Waals surface area contributed by atoms with Gasteiger partial charge in [-0.15, -0.1) is 0 Å². The lowest BCUT2D eigenvalue weighted by atomic mass is 10.1. The van der Waals surface area contributed by atoms with E-state index in [0.29, 0.717) is 11.6 Å². The van der Waals surface area contributed by atoms with E-state index in [9.17, 15) is 27.2 Å². The number of hydrogen-bond donors (Lipinski definition) is 1. The number of nitrogens with one attached hydrogen (secondary N) is 1. The molecule has 0 saturated heterocycles. The van der Waals surface area contributed by atoms with Crippen molar-refractivity contribution in [2.45, 2.75) is 13.1 Å². The van der Waals surface area contributed by atoms with E-state index < -0.39 is 23.5 Å². The Hall–Kier alpha value is -3.62. The Morgan fingerprint density at radius 1 is 1.03 bits per heavy atom. The molecule has 1 aromatic heterocycles. The SMILES string of the molecule is Cc1cc(F)ccc1Oc1cc(C(F)(F)F)ccc1C(=O)Nc1ccn(C)c(=O)c1. The molecule has 0 radical (unpaired) electrons. The first kappa shape index (κ1) is 21.1. The molecule has 0 saturated carbocycles. The molecule has 1 heterocycles. The van der Waals surface area contributed by atoms with Gasteiger partial charge >= 0.3 is 6.18 Å². The first-order chi connectivity index (χ1) is 14.0. The van der Waals surface area contributed by atoms with Crippen molar-refractivity contribution in [2.24, 2.45) is 7.05 Å². The van der Waals surface area contributed by atoms with E-state index >= 15 is 0 Å². The minimum atomic E-state index is -4.66. The molecule has 30 heavy (non-hydrogen) atoms. The van der Waals surface area contributed by atoms with Crippen LogP contribution >= 0.6 is 0 Å². The van der Waals surface area contributed by atoms with Gasteiger partial charge in [0.1, 0.15) is 17.3 Å². The molecule has 156 valence electrons. The van der Waals surface area contributed by atoms with Crippen LogP contribution in [0.5, 0.6) is 11.5 Å². The molecular weight excluding hydrogens is 404 g/mol. The van der Waals surface area contributed by atoms with Crippen LogP contribution in [0.15, 0.2) is 59.5 Å². The summed E-state index contributed by atoms with van der Waals surface area (Å²) in [6.45, 7) is 1.52. The number of amides is 1. The van der Waals surface area contributed by atoms with Crippen LogP contribution < -0.4 is 15.6 Å². The normalized spacial score (nSPS) is 11.3. The van der Waals surface area contributed by atoms with Gasteiger partial charge < -0.3 is 14.6 Å². The smallest absolute Gasteiger partial charge is 0.416 e. The predicted molar refractivity (Wildman–Crippen MR) is 102 cm³/mol. The monoisotopic (exact) mass is 420 g/mol. The van der Waals surface area contributed by atoms with Crippen molar-refractivity contribution in [3.05, 3.63) is 87.6 Å². The largest absolute Gasteiger partial charge is 0.456 e. The fraction of sp³-hybridized carbons (Fsp3) is 0.143. The summed E-state index contributed by atoms with van der Waals surface area (Å²) in [5, 5.41) is 2.46. The van der Waals surface area contributed by atoms with E-state index in [2.05, 4.69) is 5.32 Å². The zero-order valence-electron chi connectivity index (χ0n) is 15.9. The molecule has 3 rings (SSSR count). The molecule has 2 aromatic carbocycles. The Morgan fingerprint density at radius 2 is 1.77 bits per heavy atom. The zero-order chi connectivity index (χ0) is 22.1. The Labute approximate surface area is 168 Å². The number of ether oxygens (including phenoxy) is 1. The fourth-order valence-electron chi connectivity index (χ4n) is 2.64. The molecule has 5 nitrogen and oxygen atoms in total. The molecule has 3 aromatic rings. The second-order valence-electron chi connectivity index (χ2n) is 6.54. The van der Waals surface area contributed by atoms with Crippen molar-refractivity contribution >= 4 is 11.6 Å². The average Bonchev–Trinajstić information content (AvgIpc) is 2.66. The number of anilines is 1. The summed E-state index contributed by atoms with van der Waals surface area (Å²) in [6.07, 6.45) is -3.22. The quantitative estimate of drug-likeness (QED) is 0.611. The van der Waals surface area contributed by atoms with Crippen LogP contribution in [0.1, 0.15) is 21.5 Å². The van der Waals surface area contributed by atoms with Crippen molar-refractivity contribution < 1.29 is 27.1 Å². The number of pyridine rings is 1. The fourth-order valence-corrected chi connectivity index (χ4v) is 2.64. The topological polar surface area (TPSA) is 60.3 Å². The highest BCUT2D eigenvalue weighted by molar-refractivity contribution is 6.06. The van der Waals surface area contributed by atoms with Crippen molar-refractivity contribution in [3.63, 3.8) is 0 Å². The first-order valence-electron chi connectivity index (χ1n) is 8.68. The van der Waals surface area contributed by atoms with Crippen LogP contribution in [0.25, 0.3) is 0 Å². The van der Waals surface area contributed by atoms with Crippen molar-refractivity contribution in [3.8, 4) is 11.5 Å². The number of hydrogen-bond acceptors (Lipinski definition) is 3. The van der Waals surface area contributed by atoms with Crippen LogP contribution in [0.4, 0.5) is 23.2 Å². The summed E-state index contributed by atoms with van der Waals surface area (Å²) in [5.74, 6) is -1.57. The molecule has 1 N–H and O–H groups in total. The maximum Gasteiger partial charge on any atom is 0.416 e. The molecule has 0 atom stereocenters. The number of alkyl halides is 3.